The number of thiophene rings is 1. The van der Waals surface area contributed by atoms with Crippen LogP contribution in [0.1, 0.15) is 49.9 Å². The summed E-state index contributed by atoms with van der Waals surface area (Å²) in [4.78, 5) is 7.89. The van der Waals surface area contributed by atoms with E-state index in [0.717, 1.165) is 39.1 Å². The Labute approximate surface area is 390 Å². The second kappa shape index (κ2) is 14.5. The summed E-state index contributed by atoms with van der Waals surface area (Å²) >= 11 is 1.89. The molecule has 0 fully saturated rings. The van der Waals surface area contributed by atoms with Gasteiger partial charge in [0.15, 0.2) is 0 Å². The van der Waals surface area contributed by atoms with Crippen molar-refractivity contribution in [3.8, 4) is 55.8 Å². The van der Waals surface area contributed by atoms with E-state index in [4.69, 9.17) is 4.98 Å². The van der Waals surface area contributed by atoms with Gasteiger partial charge in [0.05, 0.1) is 16.9 Å². The predicted molar refractivity (Wildman–Crippen MR) is 281 cm³/mol. The summed E-state index contributed by atoms with van der Waals surface area (Å²) in [6.07, 6.45) is 0. The standard InChI is InChI=1S/C63H46N2S/c1-62(2)52-23-11-9-19-46(52)47-35-33-44(38-55(47)62)65(43-31-28-40(29-32-43)45-21-14-22-49-48-20-10-13-27-58(48)66-61(45)49)57-26-15-24-53-59(57)50-34-30-42(37-54(50)63(53,3)4)60-51(39-16-6-5-7-17-39)36-41-18-8-12-25-56(41)64-60/h5-38H,1-4H3. The molecule has 2 aliphatic rings. The highest BCUT2D eigenvalue weighted by Crippen LogP contribution is 2.57. The number of hydrogen-bond donors (Lipinski definition) is 0. The molecule has 0 amide bonds. The van der Waals surface area contributed by atoms with Crippen LogP contribution in [0.15, 0.2) is 206 Å². The van der Waals surface area contributed by atoms with Gasteiger partial charge < -0.3 is 4.90 Å². The average molecular weight is 863 g/mol. The van der Waals surface area contributed by atoms with Crippen molar-refractivity contribution in [3.05, 3.63) is 229 Å². The van der Waals surface area contributed by atoms with Crippen LogP contribution in [0.2, 0.25) is 0 Å². The largest absolute Gasteiger partial charge is 0.310 e. The molecule has 66 heavy (non-hydrogen) atoms. The van der Waals surface area contributed by atoms with Crippen molar-refractivity contribution in [3.63, 3.8) is 0 Å². The molecule has 0 saturated heterocycles. The minimum Gasteiger partial charge on any atom is -0.310 e. The summed E-state index contributed by atoms with van der Waals surface area (Å²) in [6.45, 7) is 9.53. The lowest BCUT2D eigenvalue weighted by Crippen LogP contribution is -2.17. The first-order valence-electron chi connectivity index (χ1n) is 23.0. The fourth-order valence-electron chi connectivity index (χ4n) is 11.3. The van der Waals surface area contributed by atoms with Crippen molar-refractivity contribution >= 4 is 59.5 Å². The summed E-state index contributed by atoms with van der Waals surface area (Å²) < 4.78 is 2.65. The van der Waals surface area contributed by atoms with E-state index < -0.39 is 0 Å². The van der Waals surface area contributed by atoms with Gasteiger partial charge in [-0.1, -0.05) is 179 Å². The third-order valence-corrected chi connectivity index (χ3v) is 15.9. The summed E-state index contributed by atoms with van der Waals surface area (Å²) in [6, 6.07) is 76.4. The number of rotatable bonds is 6. The Morgan fingerprint density at radius 1 is 0.409 bits per heavy atom. The summed E-state index contributed by atoms with van der Waals surface area (Å²) in [7, 11) is 0. The summed E-state index contributed by atoms with van der Waals surface area (Å²) in [5.74, 6) is 0. The van der Waals surface area contributed by atoms with E-state index >= 15 is 0 Å². The van der Waals surface area contributed by atoms with Crippen molar-refractivity contribution in [2.24, 2.45) is 0 Å². The summed E-state index contributed by atoms with van der Waals surface area (Å²) in [5, 5.41) is 3.78. The molecule has 13 rings (SSSR count). The number of aromatic nitrogens is 1. The monoisotopic (exact) mass is 862 g/mol. The number of hydrogen-bond acceptors (Lipinski definition) is 3. The first-order valence-corrected chi connectivity index (χ1v) is 23.8. The Morgan fingerprint density at radius 2 is 1.03 bits per heavy atom. The molecule has 2 heterocycles. The lowest BCUT2D eigenvalue weighted by molar-refractivity contribution is 0.660. The molecule has 2 aromatic heterocycles. The second-order valence-electron chi connectivity index (χ2n) is 19.1. The van der Waals surface area contributed by atoms with Crippen molar-refractivity contribution in [2.75, 3.05) is 4.90 Å². The highest BCUT2D eigenvalue weighted by molar-refractivity contribution is 7.26. The predicted octanol–water partition coefficient (Wildman–Crippen LogP) is 17.7. The minimum atomic E-state index is -0.263. The smallest absolute Gasteiger partial charge is 0.0788 e. The molecule has 0 radical (unpaired) electrons. The Kier molecular flexibility index (Phi) is 8.51. The Morgan fingerprint density at radius 3 is 1.91 bits per heavy atom. The van der Waals surface area contributed by atoms with Crippen LogP contribution in [0, 0.1) is 0 Å². The number of benzene rings is 9. The zero-order chi connectivity index (χ0) is 44.3. The molecule has 0 unspecified atom stereocenters. The zero-order valence-electron chi connectivity index (χ0n) is 37.4. The van der Waals surface area contributed by atoms with Gasteiger partial charge in [-0.3, -0.25) is 0 Å². The van der Waals surface area contributed by atoms with Crippen LogP contribution in [0.3, 0.4) is 0 Å². The zero-order valence-corrected chi connectivity index (χ0v) is 38.2. The molecule has 0 saturated carbocycles. The van der Waals surface area contributed by atoms with E-state index in [1.165, 1.54) is 87.1 Å². The Balaban J connectivity index is 0.990. The maximum absolute atomic E-state index is 5.37. The van der Waals surface area contributed by atoms with E-state index in [2.05, 4.69) is 239 Å². The number of anilines is 3. The highest BCUT2D eigenvalue weighted by atomic mass is 32.1. The lowest BCUT2D eigenvalue weighted by Gasteiger charge is -2.30. The van der Waals surface area contributed by atoms with Gasteiger partial charge >= 0.3 is 0 Å². The van der Waals surface area contributed by atoms with Crippen LogP contribution >= 0.6 is 11.3 Å². The highest BCUT2D eigenvalue weighted by Gasteiger charge is 2.40. The fourth-order valence-corrected chi connectivity index (χ4v) is 12.5. The maximum Gasteiger partial charge on any atom is 0.0788 e. The van der Waals surface area contributed by atoms with Gasteiger partial charge in [-0.2, -0.15) is 0 Å². The van der Waals surface area contributed by atoms with Gasteiger partial charge in [-0.15, -0.1) is 11.3 Å². The van der Waals surface area contributed by atoms with Crippen molar-refractivity contribution in [1.82, 2.24) is 4.98 Å². The van der Waals surface area contributed by atoms with E-state index in [-0.39, 0.29) is 10.8 Å². The van der Waals surface area contributed by atoms with Crippen molar-refractivity contribution in [2.45, 2.75) is 38.5 Å². The minimum absolute atomic E-state index is 0.139. The van der Waals surface area contributed by atoms with Crippen LogP contribution in [-0.2, 0) is 10.8 Å². The number of nitrogens with zero attached hydrogens (tertiary/aromatic N) is 2. The topological polar surface area (TPSA) is 16.1 Å². The SMILES string of the molecule is CC1(C)c2ccccc2-c2ccc(N(c3ccc(-c4cccc5c4sc4ccccc45)cc3)c3cccc4c3-c3ccc(-c5nc6ccccc6cc5-c5ccccc5)cc3C4(C)C)cc21. The third-order valence-electron chi connectivity index (χ3n) is 14.7. The van der Waals surface area contributed by atoms with Gasteiger partial charge in [-0.05, 0) is 110 Å². The molecule has 0 spiro atoms. The first kappa shape index (κ1) is 38.8. The van der Waals surface area contributed by atoms with E-state index in [1.54, 1.807) is 0 Å². The average Bonchev–Trinajstić information content (AvgIpc) is 3.94. The first-order chi connectivity index (χ1) is 32.2. The molecular formula is C63H46N2S. The van der Waals surface area contributed by atoms with Gasteiger partial charge in [0.1, 0.15) is 0 Å². The van der Waals surface area contributed by atoms with Crippen LogP contribution < -0.4 is 4.90 Å². The van der Waals surface area contributed by atoms with Crippen LogP contribution in [0.5, 0.6) is 0 Å². The second-order valence-corrected chi connectivity index (χ2v) is 20.1. The van der Waals surface area contributed by atoms with Gasteiger partial charge in [0, 0.05) is 64.5 Å². The molecule has 3 heteroatoms. The van der Waals surface area contributed by atoms with Gasteiger partial charge in [0.2, 0.25) is 0 Å². The molecular weight excluding hydrogens is 817 g/mol. The van der Waals surface area contributed by atoms with Gasteiger partial charge in [0.25, 0.3) is 0 Å². The van der Waals surface area contributed by atoms with Crippen LogP contribution in [0.4, 0.5) is 17.1 Å². The fraction of sp³-hybridized carbons (Fsp3) is 0.0952. The van der Waals surface area contributed by atoms with Crippen LogP contribution in [0.25, 0.3) is 86.8 Å². The molecule has 2 aliphatic carbocycles. The molecule has 2 nitrogen and oxygen atoms in total. The number of pyridine rings is 1. The van der Waals surface area contributed by atoms with Gasteiger partial charge in [-0.25, -0.2) is 4.98 Å². The third kappa shape index (κ3) is 5.76. The maximum atomic E-state index is 5.37. The van der Waals surface area contributed by atoms with E-state index in [9.17, 15) is 0 Å². The lowest BCUT2D eigenvalue weighted by atomic mass is 9.81. The molecule has 0 bridgehead atoms. The number of para-hydroxylation sites is 1. The summed E-state index contributed by atoms with van der Waals surface area (Å²) in [5.41, 5.74) is 21.6. The van der Waals surface area contributed by atoms with E-state index in [1.807, 2.05) is 11.3 Å². The Bertz CT molecular complexity index is 3760. The molecule has 11 aromatic rings. The molecule has 0 aliphatic heterocycles. The Hall–Kier alpha value is -7.59. The molecule has 0 atom stereocenters. The van der Waals surface area contributed by atoms with E-state index in [0.29, 0.717) is 0 Å². The molecule has 0 N–H and O–H groups in total. The van der Waals surface area contributed by atoms with Crippen molar-refractivity contribution in [1.29, 1.82) is 0 Å². The normalized spacial score (nSPS) is 14.0. The molecule has 9 aromatic carbocycles. The number of fused-ring (bicyclic) bond motifs is 10. The molecule has 314 valence electrons. The quantitative estimate of drug-likeness (QED) is 0.166. The van der Waals surface area contributed by atoms with Crippen molar-refractivity contribution < 1.29 is 0 Å². The van der Waals surface area contributed by atoms with Crippen LogP contribution in [-0.4, -0.2) is 4.98 Å².